The fraction of sp³-hybridized carbons (Fsp3) is 0.0159. The van der Waals surface area contributed by atoms with Gasteiger partial charge in [0.1, 0.15) is 0 Å². The number of nitrogens with zero attached hydrogens (tertiary/aromatic N) is 1. The summed E-state index contributed by atoms with van der Waals surface area (Å²) in [7, 11) is 0. The normalized spacial score (nSPS) is 12.5. The lowest BCUT2D eigenvalue weighted by Gasteiger charge is -2.34. The number of benzene rings is 11. The molecule has 1 aliphatic rings. The van der Waals surface area contributed by atoms with E-state index in [2.05, 4.69) is 266 Å². The van der Waals surface area contributed by atoms with Gasteiger partial charge in [-0.05, 0) is 119 Å². The molecule has 11 aromatic carbocycles. The Kier molecular flexibility index (Phi) is 9.13. The molecule has 0 saturated carbocycles. The van der Waals surface area contributed by atoms with Crippen molar-refractivity contribution in [2.24, 2.45) is 0 Å². The highest BCUT2D eigenvalue weighted by atomic mass is 15.1. The second-order valence-electron chi connectivity index (χ2n) is 16.8. The molecule has 300 valence electrons. The number of anilines is 3. The molecule has 1 nitrogen and oxygen atoms in total. The SMILES string of the molecule is c1ccc(C2(c3ccccc3)c3ccccc3-c3c(N(c4ccc(-c5ccc(-c6ccc7ccccc7c6)cc5)cc4)c4ccc(-c5cccc6ccccc56)cc4)cccc32)cc1. The lowest BCUT2D eigenvalue weighted by molar-refractivity contribution is 0.768. The zero-order valence-corrected chi connectivity index (χ0v) is 35.3. The van der Waals surface area contributed by atoms with Crippen LogP contribution in [0.1, 0.15) is 22.3 Å². The van der Waals surface area contributed by atoms with Crippen molar-refractivity contribution in [2.45, 2.75) is 5.41 Å². The van der Waals surface area contributed by atoms with E-state index in [1.54, 1.807) is 0 Å². The molecule has 0 unspecified atom stereocenters. The molecule has 1 heteroatoms. The van der Waals surface area contributed by atoms with Crippen LogP contribution in [0, 0.1) is 0 Å². The number of hydrogen-bond donors (Lipinski definition) is 0. The van der Waals surface area contributed by atoms with Gasteiger partial charge >= 0.3 is 0 Å². The third-order valence-corrected chi connectivity index (χ3v) is 13.4. The van der Waals surface area contributed by atoms with Crippen LogP contribution in [0.25, 0.3) is 66.1 Å². The third-order valence-electron chi connectivity index (χ3n) is 13.4. The molecule has 12 rings (SSSR count). The first-order chi connectivity index (χ1) is 31.7. The first-order valence-corrected chi connectivity index (χ1v) is 22.2. The quantitative estimate of drug-likeness (QED) is 0.148. The summed E-state index contributed by atoms with van der Waals surface area (Å²) in [4.78, 5) is 2.46. The zero-order valence-electron chi connectivity index (χ0n) is 35.3. The summed E-state index contributed by atoms with van der Waals surface area (Å²) in [5.74, 6) is 0. The summed E-state index contributed by atoms with van der Waals surface area (Å²) < 4.78 is 0. The smallest absolute Gasteiger partial charge is 0.0714 e. The zero-order chi connectivity index (χ0) is 42.5. The molecule has 0 heterocycles. The molecule has 0 radical (unpaired) electrons. The van der Waals surface area contributed by atoms with E-state index in [4.69, 9.17) is 0 Å². The Morgan fingerprint density at radius 2 is 0.750 bits per heavy atom. The van der Waals surface area contributed by atoms with Gasteiger partial charge in [0.15, 0.2) is 0 Å². The minimum Gasteiger partial charge on any atom is -0.310 e. The summed E-state index contributed by atoms with van der Waals surface area (Å²) in [5.41, 5.74) is 17.6. The Labute approximate surface area is 374 Å². The molecule has 0 atom stereocenters. The Balaban J connectivity index is 1.01. The molecule has 0 N–H and O–H groups in total. The van der Waals surface area contributed by atoms with E-state index in [0.717, 1.165) is 17.1 Å². The molecule has 0 bridgehead atoms. The summed E-state index contributed by atoms with van der Waals surface area (Å²) >= 11 is 0. The van der Waals surface area contributed by atoms with Gasteiger partial charge in [-0.15, -0.1) is 0 Å². The predicted molar refractivity (Wildman–Crippen MR) is 270 cm³/mol. The van der Waals surface area contributed by atoms with E-state index in [1.165, 1.54) is 88.3 Å². The molecule has 64 heavy (non-hydrogen) atoms. The van der Waals surface area contributed by atoms with Crippen molar-refractivity contribution in [3.63, 3.8) is 0 Å². The fourth-order valence-corrected chi connectivity index (χ4v) is 10.4. The first-order valence-electron chi connectivity index (χ1n) is 22.2. The summed E-state index contributed by atoms with van der Waals surface area (Å²) in [6.45, 7) is 0. The standard InChI is InChI=1S/C63H43N/c1-3-19-52(20-4-1)63(53-21-5-2-6-22-53)59-26-12-11-24-58(59)62-60(63)27-14-28-61(62)64(55-41-37-49(38-42-55)57-25-13-18-48-16-9-10-23-56(48)57)54-39-35-46(36-40-54)45-29-31-47(32-30-45)51-34-33-44-15-7-8-17-50(44)43-51/h1-43H. The van der Waals surface area contributed by atoms with Gasteiger partial charge in [-0.25, -0.2) is 0 Å². The molecule has 11 aromatic rings. The molecule has 0 saturated heterocycles. The monoisotopic (exact) mass is 813 g/mol. The molecular formula is C63H43N. The Bertz CT molecular complexity index is 3420. The van der Waals surface area contributed by atoms with Crippen molar-refractivity contribution in [1.29, 1.82) is 0 Å². The predicted octanol–water partition coefficient (Wildman–Crippen LogP) is 16.8. The molecule has 0 spiro atoms. The minimum atomic E-state index is -0.503. The van der Waals surface area contributed by atoms with E-state index in [0.29, 0.717) is 0 Å². The Morgan fingerprint density at radius 3 is 1.44 bits per heavy atom. The molecule has 0 aromatic heterocycles. The van der Waals surface area contributed by atoms with Crippen LogP contribution < -0.4 is 4.90 Å². The highest BCUT2D eigenvalue weighted by Crippen LogP contribution is 2.59. The van der Waals surface area contributed by atoms with Crippen molar-refractivity contribution in [1.82, 2.24) is 0 Å². The highest BCUT2D eigenvalue weighted by Gasteiger charge is 2.47. The van der Waals surface area contributed by atoms with Crippen molar-refractivity contribution in [3.05, 3.63) is 283 Å². The van der Waals surface area contributed by atoms with Crippen LogP contribution >= 0.6 is 0 Å². The lowest BCUT2D eigenvalue weighted by atomic mass is 9.68. The summed E-state index contributed by atoms with van der Waals surface area (Å²) in [6.07, 6.45) is 0. The largest absolute Gasteiger partial charge is 0.310 e. The molecule has 1 aliphatic carbocycles. The fourth-order valence-electron chi connectivity index (χ4n) is 10.4. The van der Waals surface area contributed by atoms with Crippen LogP contribution in [-0.4, -0.2) is 0 Å². The minimum absolute atomic E-state index is 0.503. The van der Waals surface area contributed by atoms with E-state index >= 15 is 0 Å². The summed E-state index contributed by atoms with van der Waals surface area (Å²) in [6, 6.07) is 95.8. The first kappa shape index (κ1) is 37.5. The topological polar surface area (TPSA) is 3.24 Å². The van der Waals surface area contributed by atoms with E-state index < -0.39 is 5.41 Å². The maximum atomic E-state index is 2.46. The lowest BCUT2D eigenvalue weighted by Crippen LogP contribution is -2.28. The van der Waals surface area contributed by atoms with E-state index in [-0.39, 0.29) is 0 Å². The second-order valence-corrected chi connectivity index (χ2v) is 16.8. The van der Waals surface area contributed by atoms with Crippen LogP contribution in [0.4, 0.5) is 17.1 Å². The Hall–Kier alpha value is -8.26. The summed E-state index contributed by atoms with van der Waals surface area (Å²) in [5, 5.41) is 5.01. The Morgan fingerprint density at radius 1 is 0.281 bits per heavy atom. The maximum absolute atomic E-state index is 2.46. The van der Waals surface area contributed by atoms with Gasteiger partial charge in [0.25, 0.3) is 0 Å². The van der Waals surface area contributed by atoms with Crippen LogP contribution in [0.3, 0.4) is 0 Å². The average Bonchev–Trinajstić information content (AvgIpc) is 3.69. The van der Waals surface area contributed by atoms with Crippen molar-refractivity contribution < 1.29 is 0 Å². The number of rotatable bonds is 8. The average molecular weight is 814 g/mol. The van der Waals surface area contributed by atoms with E-state index in [1.807, 2.05) is 0 Å². The van der Waals surface area contributed by atoms with Gasteiger partial charge in [-0.3, -0.25) is 0 Å². The second kappa shape index (κ2) is 15.6. The number of fused-ring (bicyclic) bond motifs is 5. The van der Waals surface area contributed by atoms with Crippen LogP contribution in [0.15, 0.2) is 261 Å². The van der Waals surface area contributed by atoms with Gasteiger partial charge in [0, 0.05) is 16.9 Å². The highest BCUT2D eigenvalue weighted by molar-refractivity contribution is 5.99. The van der Waals surface area contributed by atoms with Crippen molar-refractivity contribution in [3.8, 4) is 44.5 Å². The van der Waals surface area contributed by atoms with Crippen LogP contribution in [-0.2, 0) is 5.41 Å². The molecule has 0 amide bonds. The third kappa shape index (κ3) is 6.16. The maximum Gasteiger partial charge on any atom is 0.0714 e. The van der Waals surface area contributed by atoms with Gasteiger partial charge in [-0.2, -0.15) is 0 Å². The molecule has 0 aliphatic heterocycles. The molecule has 0 fully saturated rings. The van der Waals surface area contributed by atoms with Gasteiger partial charge in [0.2, 0.25) is 0 Å². The molecular weight excluding hydrogens is 771 g/mol. The van der Waals surface area contributed by atoms with Gasteiger partial charge in [0.05, 0.1) is 11.1 Å². The number of hydrogen-bond acceptors (Lipinski definition) is 1. The van der Waals surface area contributed by atoms with Crippen LogP contribution in [0.2, 0.25) is 0 Å². The van der Waals surface area contributed by atoms with Gasteiger partial charge < -0.3 is 4.90 Å². The van der Waals surface area contributed by atoms with Gasteiger partial charge in [-0.1, -0.05) is 224 Å². The van der Waals surface area contributed by atoms with Crippen molar-refractivity contribution >= 4 is 38.6 Å². The van der Waals surface area contributed by atoms with E-state index in [9.17, 15) is 0 Å². The van der Waals surface area contributed by atoms with Crippen LogP contribution in [0.5, 0.6) is 0 Å². The van der Waals surface area contributed by atoms with Crippen molar-refractivity contribution in [2.75, 3.05) is 4.90 Å².